The van der Waals surface area contributed by atoms with Crippen molar-refractivity contribution in [1.82, 2.24) is 4.90 Å². The highest BCUT2D eigenvalue weighted by Crippen LogP contribution is 2.33. The van der Waals surface area contributed by atoms with Crippen molar-refractivity contribution in [2.45, 2.75) is 13.0 Å². The van der Waals surface area contributed by atoms with Gasteiger partial charge in [-0.05, 0) is 19.1 Å². The summed E-state index contributed by atoms with van der Waals surface area (Å²) in [6, 6.07) is 3.86. The predicted octanol–water partition coefficient (Wildman–Crippen LogP) is 0.717. The molecule has 1 amide bonds. The molecule has 1 fully saturated rings. The highest BCUT2D eigenvalue weighted by Gasteiger charge is 2.33. The van der Waals surface area contributed by atoms with E-state index in [4.69, 9.17) is 14.2 Å². The van der Waals surface area contributed by atoms with Gasteiger partial charge in [-0.25, -0.2) is 8.42 Å². The lowest BCUT2D eigenvalue weighted by molar-refractivity contribution is -0.136. The summed E-state index contributed by atoms with van der Waals surface area (Å²) in [5.74, 6) is 0.607. The van der Waals surface area contributed by atoms with E-state index >= 15 is 0 Å². The van der Waals surface area contributed by atoms with Crippen LogP contribution < -0.4 is 13.8 Å². The molecule has 0 unspecified atom stereocenters. The number of anilines is 1. The molecule has 2 rings (SSSR count). The predicted molar refractivity (Wildman–Crippen MR) is 93.7 cm³/mol. The lowest BCUT2D eigenvalue weighted by atomic mass is 10.2. The van der Waals surface area contributed by atoms with E-state index in [1.54, 1.807) is 30.0 Å². The molecular weight excluding hydrogens is 348 g/mol. The smallest absolute Gasteiger partial charge is 0.246 e. The van der Waals surface area contributed by atoms with E-state index < -0.39 is 16.1 Å². The van der Waals surface area contributed by atoms with Crippen LogP contribution in [0.15, 0.2) is 18.2 Å². The first-order valence-corrected chi connectivity index (χ1v) is 9.72. The summed E-state index contributed by atoms with van der Waals surface area (Å²) in [5, 5.41) is 0. The van der Waals surface area contributed by atoms with Crippen molar-refractivity contribution in [3.05, 3.63) is 18.2 Å². The number of carbonyl (C=O) groups is 1. The third kappa shape index (κ3) is 4.35. The molecule has 0 radical (unpaired) electrons. The summed E-state index contributed by atoms with van der Waals surface area (Å²) in [4.78, 5) is 14.4. The summed E-state index contributed by atoms with van der Waals surface area (Å²) in [6.07, 6.45) is 1.08. The second kappa shape index (κ2) is 7.92. The SMILES string of the molecule is COc1ccc(N([C@@H](C)C(=O)N2CCOCC2)S(C)(=O)=O)cc1OC. The lowest BCUT2D eigenvalue weighted by Crippen LogP contribution is -2.52. The lowest BCUT2D eigenvalue weighted by Gasteiger charge is -2.34. The van der Waals surface area contributed by atoms with E-state index in [0.717, 1.165) is 10.6 Å². The molecule has 9 heteroatoms. The largest absolute Gasteiger partial charge is 0.493 e. The monoisotopic (exact) mass is 372 g/mol. The van der Waals surface area contributed by atoms with Crippen LogP contribution >= 0.6 is 0 Å². The minimum atomic E-state index is -3.69. The standard InChI is InChI=1S/C16H24N2O6S/c1-12(16(19)17-7-9-24-10-8-17)18(25(4,20)21)13-5-6-14(22-2)15(11-13)23-3/h5-6,11-12H,7-10H2,1-4H3/t12-/m0/s1. The number of carbonyl (C=O) groups excluding carboxylic acids is 1. The number of hydrogen-bond donors (Lipinski definition) is 0. The van der Waals surface area contributed by atoms with E-state index in [-0.39, 0.29) is 5.91 Å². The number of benzene rings is 1. The zero-order valence-corrected chi connectivity index (χ0v) is 15.7. The number of amides is 1. The van der Waals surface area contributed by atoms with E-state index in [0.29, 0.717) is 43.5 Å². The Bertz CT molecular complexity index is 715. The third-order valence-electron chi connectivity index (χ3n) is 4.01. The van der Waals surface area contributed by atoms with Gasteiger partial charge in [-0.2, -0.15) is 0 Å². The maximum Gasteiger partial charge on any atom is 0.246 e. The molecule has 0 aliphatic carbocycles. The fourth-order valence-corrected chi connectivity index (χ4v) is 3.97. The van der Waals surface area contributed by atoms with E-state index in [9.17, 15) is 13.2 Å². The van der Waals surface area contributed by atoms with Crippen molar-refractivity contribution in [2.75, 3.05) is 51.1 Å². The molecule has 1 aliphatic rings. The van der Waals surface area contributed by atoms with Gasteiger partial charge >= 0.3 is 0 Å². The average Bonchev–Trinajstić information content (AvgIpc) is 2.60. The van der Waals surface area contributed by atoms with Crippen molar-refractivity contribution in [3.63, 3.8) is 0 Å². The van der Waals surface area contributed by atoms with Gasteiger partial charge in [0.2, 0.25) is 15.9 Å². The topological polar surface area (TPSA) is 85.4 Å². The molecule has 1 saturated heterocycles. The van der Waals surface area contributed by atoms with Crippen LogP contribution in [0.25, 0.3) is 0 Å². The van der Waals surface area contributed by atoms with Crippen molar-refractivity contribution in [2.24, 2.45) is 0 Å². The van der Waals surface area contributed by atoms with Crippen molar-refractivity contribution < 1.29 is 27.4 Å². The molecule has 25 heavy (non-hydrogen) atoms. The van der Waals surface area contributed by atoms with Gasteiger partial charge in [0.05, 0.1) is 39.4 Å². The Labute approximate surface area is 148 Å². The van der Waals surface area contributed by atoms with Gasteiger partial charge in [0.15, 0.2) is 11.5 Å². The number of hydrogen-bond acceptors (Lipinski definition) is 6. The van der Waals surface area contributed by atoms with Gasteiger partial charge in [-0.1, -0.05) is 0 Å². The molecule has 1 aromatic rings. The van der Waals surface area contributed by atoms with Crippen LogP contribution in [0.4, 0.5) is 5.69 Å². The summed E-state index contributed by atoms with van der Waals surface area (Å²) < 4.78 is 41.5. The fourth-order valence-electron chi connectivity index (χ4n) is 2.81. The van der Waals surface area contributed by atoms with Crippen molar-refractivity contribution in [1.29, 1.82) is 0 Å². The molecular formula is C16H24N2O6S. The zero-order chi connectivity index (χ0) is 18.6. The number of rotatable bonds is 6. The Morgan fingerprint density at radius 3 is 2.32 bits per heavy atom. The highest BCUT2D eigenvalue weighted by molar-refractivity contribution is 7.92. The van der Waals surface area contributed by atoms with Crippen molar-refractivity contribution >= 4 is 21.6 Å². The van der Waals surface area contributed by atoms with Gasteiger partial charge in [-0.15, -0.1) is 0 Å². The van der Waals surface area contributed by atoms with E-state index in [1.807, 2.05) is 0 Å². The molecule has 140 valence electrons. The second-order valence-electron chi connectivity index (χ2n) is 5.71. The second-order valence-corrected chi connectivity index (χ2v) is 7.57. The van der Waals surface area contributed by atoms with Gasteiger partial charge in [0.25, 0.3) is 0 Å². The van der Waals surface area contributed by atoms with Crippen molar-refractivity contribution in [3.8, 4) is 11.5 Å². The van der Waals surface area contributed by atoms with Crippen LogP contribution in [0.2, 0.25) is 0 Å². The first-order valence-electron chi connectivity index (χ1n) is 7.87. The number of morpholine rings is 1. The molecule has 0 N–H and O–H groups in total. The Hall–Kier alpha value is -2.00. The highest BCUT2D eigenvalue weighted by atomic mass is 32.2. The Morgan fingerprint density at radius 1 is 1.20 bits per heavy atom. The number of ether oxygens (including phenoxy) is 3. The van der Waals surface area contributed by atoms with E-state index in [2.05, 4.69) is 0 Å². The minimum Gasteiger partial charge on any atom is -0.493 e. The van der Waals surface area contributed by atoms with Gasteiger partial charge in [0.1, 0.15) is 6.04 Å². The van der Waals surface area contributed by atoms with Crippen LogP contribution in [0.5, 0.6) is 11.5 Å². The molecule has 0 bridgehead atoms. The number of sulfonamides is 1. The minimum absolute atomic E-state index is 0.261. The first-order chi connectivity index (χ1) is 11.8. The van der Waals surface area contributed by atoms with E-state index in [1.165, 1.54) is 14.2 Å². The van der Waals surface area contributed by atoms with Crippen LogP contribution in [0, 0.1) is 0 Å². The Morgan fingerprint density at radius 2 is 1.80 bits per heavy atom. The van der Waals surface area contributed by atoms with Crippen LogP contribution in [-0.2, 0) is 19.6 Å². The normalized spacial score (nSPS) is 16.2. The summed E-state index contributed by atoms with van der Waals surface area (Å²) in [5.41, 5.74) is 0.342. The molecule has 1 aliphatic heterocycles. The molecule has 1 atom stereocenters. The Balaban J connectivity index is 2.38. The summed E-state index contributed by atoms with van der Waals surface area (Å²) in [7, 11) is -0.724. The third-order valence-corrected chi connectivity index (χ3v) is 5.25. The molecule has 0 aromatic heterocycles. The summed E-state index contributed by atoms with van der Waals surface area (Å²) in [6.45, 7) is 3.39. The maximum atomic E-state index is 12.7. The Kier molecular flexibility index (Phi) is 6.12. The molecule has 0 spiro atoms. The zero-order valence-electron chi connectivity index (χ0n) is 14.9. The van der Waals surface area contributed by atoms with Gasteiger partial charge in [-0.3, -0.25) is 9.10 Å². The summed E-state index contributed by atoms with van der Waals surface area (Å²) >= 11 is 0. The van der Waals surface area contributed by atoms with Crippen LogP contribution in [0.1, 0.15) is 6.92 Å². The maximum absolute atomic E-state index is 12.7. The van der Waals surface area contributed by atoms with Crippen LogP contribution in [0.3, 0.4) is 0 Å². The number of nitrogens with zero attached hydrogens (tertiary/aromatic N) is 2. The average molecular weight is 372 g/mol. The molecule has 8 nitrogen and oxygen atoms in total. The first kappa shape index (κ1) is 19.3. The quantitative estimate of drug-likeness (QED) is 0.731. The molecule has 1 aromatic carbocycles. The van der Waals surface area contributed by atoms with Gasteiger partial charge in [0, 0.05) is 19.2 Å². The fraction of sp³-hybridized carbons (Fsp3) is 0.562. The van der Waals surface area contributed by atoms with Crippen LogP contribution in [-0.4, -0.2) is 72.0 Å². The van der Waals surface area contributed by atoms with Gasteiger partial charge < -0.3 is 19.1 Å². The number of methoxy groups -OCH3 is 2. The molecule has 1 heterocycles. The molecule has 0 saturated carbocycles.